The molecule has 0 aliphatic carbocycles. The van der Waals surface area contributed by atoms with Gasteiger partial charge in [-0.3, -0.25) is 4.79 Å². The number of carboxylic acid groups (broad SMARTS) is 1. The molecule has 2 N–H and O–H groups in total. The Kier molecular flexibility index (Phi) is 8.04. The molecule has 1 saturated heterocycles. The van der Waals surface area contributed by atoms with Crippen molar-refractivity contribution in [2.75, 3.05) is 32.1 Å². The Bertz CT molecular complexity index is 1460. The van der Waals surface area contributed by atoms with Crippen LogP contribution in [0.2, 0.25) is 0 Å². The highest BCUT2D eigenvalue weighted by molar-refractivity contribution is 7.17. The predicted molar refractivity (Wildman–Crippen MR) is 150 cm³/mol. The number of rotatable bonds is 10. The van der Waals surface area contributed by atoms with Crippen molar-refractivity contribution in [3.8, 4) is 11.5 Å². The number of aromatic nitrogens is 1. The standard InChI is InChI=1S/C29H31N3O6S/c1-31-25-11-13-39-27(25)14-26(31)28(33)30-24-5-3-4-20(17-36-2)23(24)18-38-22-8-6-21(7-9-22)37-16-19-10-12-32(15-19)29(34)35/h3-9,11,13-14,19H,10,12,15-18H2,1-2H3,(H,30,33)(H,34,35)/t19-/m0/s1. The molecule has 2 aromatic carbocycles. The van der Waals surface area contributed by atoms with Gasteiger partial charge in [0.1, 0.15) is 23.8 Å². The Balaban J connectivity index is 1.23. The monoisotopic (exact) mass is 549 g/mol. The molecule has 5 rings (SSSR count). The zero-order valence-electron chi connectivity index (χ0n) is 21.9. The number of likely N-dealkylation sites (tertiary alicyclic amines) is 1. The van der Waals surface area contributed by atoms with Crippen LogP contribution < -0.4 is 14.8 Å². The highest BCUT2D eigenvalue weighted by Gasteiger charge is 2.26. The number of nitrogens with zero attached hydrogens (tertiary/aromatic N) is 2. The number of hydrogen-bond acceptors (Lipinski definition) is 6. The smallest absolute Gasteiger partial charge is 0.407 e. The lowest BCUT2D eigenvalue weighted by Gasteiger charge is -2.17. The number of carbonyl (C=O) groups excluding carboxylic acids is 1. The van der Waals surface area contributed by atoms with E-state index in [1.807, 2.05) is 71.6 Å². The summed E-state index contributed by atoms with van der Waals surface area (Å²) in [6.07, 6.45) is -0.0797. The van der Waals surface area contributed by atoms with Crippen LogP contribution in [-0.4, -0.2) is 53.4 Å². The molecule has 39 heavy (non-hydrogen) atoms. The molecular formula is C29H31N3O6S. The molecule has 0 spiro atoms. The maximum absolute atomic E-state index is 13.2. The molecule has 0 bridgehead atoms. The summed E-state index contributed by atoms with van der Waals surface area (Å²) in [5.74, 6) is 1.36. The van der Waals surface area contributed by atoms with E-state index in [0.29, 0.717) is 49.2 Å². The van der Waals surface area contributed by atoms with Crippen LogP contribution >= 0.6 is 11.3 Å². The van der Waals surface area contributed by atoms with Gasteiger partial charge in [0, 0.05) is 44.4 Å². The lowest BCUT2D eigenvalue weighted by atomic mass is 10.1. The minimum Gasteiger partial charge on any atom is -0.493 e. The normalized spacial score (nSPS) is 15.0. The molecule has 3 heterocycles. The van der Waals surface area contributed by atoms with E-state index in [9.17, 15) is 9.59 Å². The van der Waals surface area contributed by atoms with E-state index in [2.05, 4.69) is 5.32 Å². The molecule has 1 atom stereocenters. The van der Waals surface area contributed by atoms with Crippen LogP contribution in [0.15, 0.2) is 60.0 Å². The summed E-state index contributed by atoms with van der Waals surface area (Å²) >= 11 is 1.61. The third-order valence-corrected chi connectivity index (χ3v) is 7.82. The second kappa shape index (κ2) is 11.8. The number of aryl methyl sites for hydroxylation is 1. The minimum atomic E-state index is -0.881. The van der Waals surface area contributed by atoms with Gasteiger partial charge in [-0.1, -0.05) is 12.1 Å². The first-order valence-electron chi connectivity index (χ1n) is 12.7. The number of thiophene rings is 1. The van der Waals surface area contributed by atoms with Crippen LogP contribution in [0.25, 0.3) is 10.2 Å². The Hall–Kier alpha value is -4.02. The molecule has 9 nitrogen and oxygen atoms in total. The number of benzene rings is 2. The lowest BCUT2D eigenvalue weighted by molar-refractivity contribution is 0.101. The largest absolute Gasteiger partial charge is 0.493 e. The molecule has 2 amide bonds. The average molecular weight is 550 g/mol. The molecule has 10 heteroatoms. The Morgan fingerprint density at radius 3 is 2.54 bits per heavy atom. The van der Waals surface area contributed by atoms with Gasteiger partial charge in [0.15, 0.2) is 0 Å². The number of methoxy groups -OCH3 is 1. The van der Waals surface area contributed by atoms with E-state index >= 15 is 0 Å². The maximum Gasteiger partial charge on any atom is 0.407 e. The van der Waals surface area contributed by atoms with Crippen LogP contribution in [0.1, 0.15) is 28.0 Å². The third-order valence-electron chi connectivity index (χ3n) is 6.97. The van der Waals surface area contributed by atoms with Crippen molar-refractivity contribution >= 4 is 39.2 Å². The van der Waals surface area contributed by atoms with Gasteiger partial charge < -0.3 is 34.1 Å². The number of anilines is 1. The Labute approximate surface area is 230 Å². The zero-order chi connectivity index (χ0) is 27.4. The molecule has 1 fully saturated rings. The van der Waals surface area contributed by atoms with Crippen LogP contribution in [-0.2, 0) is 25.0 Å². The van der Waals surface area contributed by atoms with Gasteiger partial charge in [0.25, 0.3) is 5.91 Å². The lowest BCUT2D eigenvalue weighted by Crippen LogP contribution is -2.27. The quantitative estimate of drug-likeness (QED) is 0.267. The van der Waals surface area contributed by atoms with E-state index in [1.165, 1.54) is 4.90 Å². The van der Waals surface area contributed by atoms with Crippen molar-refractivity contribution in [3.63, 3.8) is 0 Å². The summed E-state index contributed by atoms with van der Waals surface area (Å²) in [6, 6.07) is 17.0. The third kappa shape index (κ3) is 6.02. The molecule has 0 saturated carbocycles. The van der Waals surface area contributed by atoms with Crippen molar-refractivity contribution in [1.82, 2.24) is 9.47 Å². The second-order valence-corrected chi connectivity index (χ2v) is 10.5. The molecule has 0 radical (unpaired) electrons. The summed E-state index contributed by atoms with van der Waals surface area (Å²) in [4.78, 5) is 25.7. The summed E-state index contributed by atoms with van der Waals surface area (Å²) < 4.78 is 20.3. The van der Waals surface area contributed by atoms with Crippen molar-refractivity contribution in [1.29, 1.82) is 0 Å². The number of hydrogen-bond donors (Lipinski definition) is 2. The fraction of sp³-hybridized carbons (Fsp3) is 0.310. The number of carbonyl (C=O) groups is 2. The predicted octanol–water partition coefficient (Wildman–Crippen LogP) is 5.60. The van der Waals surface area contributed by atoms with E-state index in [4.69, 9.17) is 19.3 Å². The Morgan fingerprint density at radius 2 is 1.85 bits per heavy atom. The summed E-state index contributed by atoms with van der Waals surface area (Å²) in [7, 11) is 3.53. The van der Waals surface area contributed by atoms with Gasteiger partial charge in [-0.2, -0.15) is 0 Å². The molecule has 1 aliphatic heterocycles. The number of fused-ring (bicyclic) bond motifs is 1. The molecule has 1 aliphatic rings. The summed E-state index contributed by atoms with van der Waals surface area (Å²) in [5.41, 5.74) is 4.05. The molecule has 2 aromatic heterocycles. The van der Waals surface area contributed by atoms with Crippen molar-refractivity contribution in [3.05, 3.63) is 76.8 Å². The highest BCUT2D eigenvalue weighted by Crippen LogP contribution is 2.28. The SMILES string of the molecule is COCc1cccc(NC(=O)c2cc3sccc3n2C)c1COc1ccc(OC[C@H]2CCN(C(=O)O)C2)cc1. The number of ether oxygens (including phenoxy) is 3. The maximum atomic E-state index is 13.2. The fourth-order valence-electron chi connectivity index (χ4n) is 4.81. The average Bonchev–Trinajstić information content (AvgIpc) is 3.66. The topological polar surface area (TPSA) is 102 Å². The van der Waals surface area contributed by atoms with Crippen LogP contribution in [0, 0.1) is 5.92 Å². The zero-order valence-corrected chi connectivity index (χ0v) is 22.7. The second-order valence-electron chi connectivity index (χ2n) is 9.54. The molecule has 0 unspecified atom stereocenters. The summed E-state index contributed by atoms with van der Waals surface area (Å²) in [6.45, 7) is 2.14. The van der Waals surface area contributed by atoms with Gasteiger partial charge in [-0.05, 0) is 59.8 Å². The molecular weight excluding hydrogens is 518 g/mol. The first kappa shape index (κ1) is 26.6. The molecule has 204 valence electrons. The van der Waals surface area contributed by atoms with Gasteiger partial charge in [-0.25, -0.2) is 4.79 Å². The number of nitrogens with one attached hydrogen (secondary N) is 1. The van der Waals surface area contributed by atoms with Crippen LogP contribution in [0.3, 0.4) is 0 Å². The van der Waals surface area contributed by atoms with Gasteiger partial charge >= 0.3 is 6.09 Å². The van der Waals surface area contributed by atoms with Crippen molar-refractivity contribution in [2.24, 2.45) is 13.0 Å². The van der Waals surface area contributed by atoms with Crippen LogP contribution in [0.4, 0.5) is 10.5 Å². The minimum absolute atomic E-state index is 0.188. The van der Waals surface area contributed by atoms with E-state index in [1.54, 1.807) is 18.4 Å². The molecule has 4 aromatic rings. The summed E-state index contributed by atoms with van der Waals surface area (Å²) in [5, 5.41) is 14.2. The van der Waals surface area contributed by atoms with Gasteiger partial charge in [0.2, 0.25) is 0 Å². The van der Waals surface area contributed by atoms with E-state index < -0.39 is 6.09 Å². The van der Waals surface area contributed by atoms with Crippen LogP contribution in [0.5, 0.6) is 11.5 Å². The van der Waals surface area contributed by atoms with Crippen molar-refractivity contribution in [2.45, 2.75) is 19.6 Å². The van der Waals surface area contributed by atoms with Gasteiger partial charge in [0.05, 0.1) is 23.4 Å². The first-order valence-corrected chi connectivity index (χ1v) is 13.6. The first-order chi connectivity index (χ1) is 18.9. The van der Waals surface area contributed by atoms with E-state index in [0.717, 1.165) is 27.8 Å². The van der Waals surface area contributed by atoms with Gasteiger partial charge in [-0.15, -0.1) is 11.3 Å². The Morgan fingerprint density at radius 1 is 1.08 bits per heavy atom. The van der Waals surface area contributed by atoms with E-state index in [-0.39, 0.29) is 18.4 Å². The highest BCUT2D eigenvalue weighted by atomic mass is 32.1. The number of amides is 2. The fourth-order valence-corrected chi connectivity index (χ4v) is 5.66. The van der Waals surface area contributed by atoms with Crippen molar-refractivity contribution < 1.29 is 28.9 Å².